The van der Waals surface area contributed by atoms with Gasteiger partial charge in [-0.25, -0.2) is 27.1 Å². The Morgan fingerprint density at radius 1 is 1.02 bits per heavy atom. The summed E-state index contributed by atoms with van der Waals surface area (Å²) in [5.74, 6) is 0.922. The summed E-state index contributed by atoms with van der Waals surface area (Å²) in [4.78, 5) is 7.95. The fourth-order valence-electron chi connectivity index (χ4n) is 4.05. The van der Waals surface area contributed by atoms with Crippen LogP contribution in [0.25, 0.3) is 22.8 Å². The fourth-order valence-corrected chi connectivity index (χ4v) is 6.58. The van der Waals surface area contributed by atoms with Gasteiger partial charge in [0.25, 0.3) is 10.0 Å². The van der Waals surface area contributed by atoms with Gasteiger partial charge in [-0.15, -0.1) is 10.2 Å². The summed E-state index contributed by atoms with van der Waals surface area (Å²) in [7, 11) is -2.97. The van der Waals surface area contributed by atoms with Crippen molar-refractivity contribution in [1.82, 2.24) is 24.7 Å². The summed E-state index contributed by atoms with van der Waals surface area (Å²) in [6.45, 7) is 9.64. The van der Waals surface area contributed by atoms with E-state index >= 15 is 0 Å². The molecule has 14 heteroatoms. The van der Waals surface area contributed by atoms with Gasteiger partial charge in [0.15, 0.2) is 17.4 Å². The van der Waals surface area contributed by atoms with Crippen LogP contribution in [-0.2, 0) is 10.0 Å². The second-order valence-electron chi connectivity index (χ2n) is 10.4. The molecule has 0 bridgehead atoms. The number of ether oxygens (including phenoxy) is 2. The van der Waals surface area contributed by atoms with E-state index < -0.39 is 23.9 Å². The van der Waals surface area contributed by atoms with Crippen molar-refractivity contribution in [1.29, 1.82) is 0 Å². The molecular formula is C27H33FN6O5SSi. The number of rotatable bonds is 11. The average molecular weight is 601 g/mol. The highest BCUT2D eigenvalue weighted by atomic mass is 32.2. The molecule has 4 aromatic rings. The normalized spacial score (nSPS) is 12.7. The SMILES string of the molecule is COc1cccc(OC)c1-n1c(-c2ccco2)nnc1N(CC[Si](C)(C)C)S(=O)(=O)/C(C)=C(/C)c1ncc(F)cn1. The average Bonchev–Trinajstić information content (AvgIpc) is 3.62. The van der Waals surface area contributed by atoms with Gasteiger partial charge in [0.1, 0.15) is 17.2 Å². The van der Waals surface area contributed by atoms with Gasteiger partial charge in [0, 0.05) is 20.2 Å². The van der Waals surface area contributed by atoms with Gasteiger partial charge in [0.05, 0.1) is 37.8 Å². The largest absolute Gasteiger partial charge is 0.494 e. The van der Waals surface area contributed by atoms with Gasteiger partial charge in [-0.05, 0) is 44.2 Å². The molecule has 0 saturated heterocycles. The lowest BCUT2D eigenvalue weighted by molar-refractivity contribution is 0.391. The molecule has 0 spiro atoms. The van der Waals surface area contributed by atoms with Crippen LogP contribution in [0.2, 0.25) is 25.7 Å². The van der Waals surface area contributed by atoms with Crippen molar-refractivity contribution in [2.24, 2.45) is 0 Å². The smallest absolute Gasteiger partial charge is 0.262 e. The van der Waals surface area contributed by atoms with E-state index in [0.29, 0.717) is 29.0 Å². The Morgan fingerprint density at radius 3 is 2.20 bits per heavy atom. The predicted octanol–water partition coefficient (Wildman–Crippen LogP) is 5.40. The van der Waals surface area contributed by atoms with Crippen LogP contribution in [0.5, 0.6) is 11.5 Å². The van der Waals surface area contributed by atoms with E-state index in [9.17, 15) is 12.8 Å². The van der Waals surface area contributed by atoms with Crippen LogP contribution >= 0.6 is 0 Å². The minimum atomic E-state index is -4.23. The molecule has 11 nitrogen and oxygen atoms in total. The zero-order valence-corrected chi connectivity index (χ0v) is 25.9. The standard InChI is InChI=1S/C27H33FN6O5SSi/c1-18(25-29-16-20(28)17-30-25)19(2)40(35,36)33(13-15-41(5,6)7)27-32-31-26(23-12-9-14-39-23)34(27)24-21(37-3)10-8-11-22(24)38-4/h8-12,14,16-17H,13,15H2,1-7H3/b19-18-. The van der Waals surface area contributed by atoms with Gasteiger partial charge in [0.2, 0.25) is 11.8 Å². The molecule has 0 radical (unpaired) electrons. The van der Waals surface area contributed by atoms with E-state index in [1.54, 1.807) is 41.8 Å². The van der Waals surface area contributed by atoms with Gasteiger partial charge < -0.3 is 13.9 Å². The molecule has 4 rings (SSSR count). The number of nitrogens with zero attached hydrogens (tertiary/aromatic N) is 6. The fraction of sp³-hybridized carbons (Fsp3) is 0.333. The van der Waals surface area contributed by atoms with Gasteiger partial charge in [-0.3, -0.25) is 4.57 Å². The summed E-state index contributed by atoms with van der Waals surface area (Å²) in [6.07, 6.45) is 3.48. The Hall–Kier alpha value is -4.04. The maximum Gasteiger partial charge on any atom is 0.262 e. The molecular weight excluding hydrogens is 567 g/mol. The van der Waals surface area contributed by atoms with E-state index in [1.165, 1.54) is 31.7 Å². The Balaban J connectivity index is 2.01. The summed E-state index contributed by atoms with van der Waals surface area (Å²) in [5.41, 5.74) is 0.674. The molecule has 0 atom stereocenters. The second-order valence-corrected chi connectivity index (χ2v) is 18.1. The van der Waals surface area contributed by atoms with Crippen molar-refractivity contribution in [2.45, 2.75) is 39.5 Å². The lowest BCUT2D eigenvalue weighted by Crippen LogP contribution is -2.38. The number of furan rings is 1. The lowest BCUT2D eigenvalue weighted by Gasteiger charge is -2.28. The lowest BCUT2D eigenvalue weighted by atomic mass is 10.2. The Morgan fingerprint density at radius 2 is 1.66 bits per heavy atom. The Labute approximate surface area is 239 Å². The zero-order chi connectivity index (χ0) is 29.9. The molecule has 0 aliphatic rings. The highest BCUT2D eigenvalue weighted by Gasteiger charge is 2.35. The van der Waals surface area contributed by atoms with E-state index in [-0.39, 0.29) is 34.6 Å². The van der Waals surface area contributed by atoms with Crippen molar-refractivity contribution < 1.29 is 26.7 Å². The maximum absolute atomic E-state index is 14.4. The third kappa shape index (κ3) is 6.17. The molecule has 0 amide bonds. The molecule has 0 aliphatic carbocycles. The van der Waals surface area contributed by atoms with Crippen LogP contribution < -0.4 is 13.8 Å². The highest BCUT2D eigenvalue weighted by molar-refractivity contribution is 7.96. The topological polar surface area (TPSA) is 125 Å². The second kappa shape index (κ2) is 11.8. The van der Waals surface area contributed by atoms with Crippen LogP contribution in [0.4, 0.5) is 10.3 Å². The first-order valence-corrected chi connectivity index (χ1v) is 17.9. The predicted molar refractivity (Wildman–Crippen MR) is 157 cm³/mol. The molecule has 3 aromatic heterocycles. The summed E-state index contributed by atoms with van der Waals surface area (Å²) >= 11 is 0. The summed E-state index contributed by atoms with van der Waals surface area (Å²) in [5, 5.41) is 8.76. The van der Waals surface area contributed by atoms with Crippen LogP contribution in [-0.4, -0.2) is 62.0 Å². The van der Waals surface area contributed by atoms with Crippen LogP contribution in [0.1, 0.15) is 19.7 Å². The first-order chi connectivity index (χ1) is 19.4. The molecule has 0 fully saturated rings. The van der Waals surface area contributed by atoms with Gasteiger partial charge in [-0.2, -0.15) is 0 Å². The van der Waals surface area contributed by atoms with Crippen LogP contribution in [0, 0.1) is 5.82 Å². The van der Waals surface area contributed by atoms with Gasteiger partial charge >= 0.3 is 0 Å². The Bertz CT molecular complexity index is 1630. The summed E-state index contributed by atoms with van der Waals surface area (Å²) in [6, 6.07) is 9.25. The number of para-hydroxylation sites is 1. The molecule has 0 aliphatic heterocycles. The number of hydrogen-bond acceptors (Lipinski definition) is 9. The zero-order valence-electron chi connectivity index (χ0n) is 24.0. The third-order valence-electron chi connectivity index (χ3n) is 6.46. The number of allylic oxidation sites excluding steroid dienone is 2. The first-order valence-electron chi connectivity index (χ1n) is 12.8. The number of anilines is 1. The number of methoxy groups -OCH3 is 2. The number of halogens is 1. The summed E-state index contributed by atoms with van der Waals surface area (Å²) < 4.78 is 62.1. The molecule has 0 N–H and O–H groups in total. The van der Waals surface area contributed by atoms with Crippen molar-refractivity contribution in [2.75, 3.05) is 25.1 Å². The van der Waals surface area contributed by atoms with Crippen LogP contribution in [0.15, 0.2) is 58.3 Å². The highest BCUT2D eigenvalue weighted by Crippen LogP contribution is 2.40. The minimum absolute atomic E-state index is 0.0132. The number of benzene rings is 1. The molecule has 0 unspecified atom stereocenters. The van der Waals surface area contributed by atoms with Gasteiger partial charge in [-0.1, -0.05) is 25.7 Å². The molecule has 218 valence electrons. The molecule has 1 aromatic carbocycles. The van der Waals surface area contributed by atoms with Crippen molar-refractivity contribution in [3.8, 4) is 28.8 Å². The molecule has 41 heavy (non-hydrogen) atoms. The molecule has 0 saturated carbocycles. The first kappa shape index (κ1) is 29.9. The van der Waals surface area contributed by atoms with E-state index in [2.05, 4.69) is 39.8 Å². The monoisotopic (exact) mass is 600 g/mol. The van der Waals surface area contributed by atoms with E-state index in [0.717, 1.165) is 12.4 Å². The van der Waals surface area contributed by atoms with E-state index in [1.807, 2.05) is 0 Å². The third-order valence-corrected chi connectivity index (χ3v) is 10.2. The van der Waals surface area contributed by atoms with Crippen LogP contribution in [0.3, 0.4) is 0 Å². The number of sulfonamides is 1. The van der Waals surface area contributed by atoms with E-state index in [4.69, 9.17) is 13.9 Å². The Kier molecular flexibility index (Phi) is 8.63. The number of aromatic nitrogens is 5. The minimum Gasteiger partial charge on any atom is -0.494 e. The number of hydrogen-bond donors (Lipinski definition) is 0. The van der Waals surface area contributed by atoms with Crippen molar-refractivity contribution in [3.05, 3.63) is 65.5 Å². The van der Waals surface area contributed by atoms with Crippen molar-refractivity contribution in [3.63, 3.8) is 0 Å². The van der Waals surface area contributed by atoms with Crippen molar-refractivity contribution >= 4 is 29.6 Å². The quantitative estimate of drug-likeness (QED) is 0.208. The maximum atomic E-state index is 14.4. The molecule has 3 heterocycles.